The molecule has 6 nitrogen and oxygen atoms in total. The fourth-order valence-electron chi connectivity index (χ4n) is 5.27. The molecular formula is C41H44O6. The second-order valence-corrected chi connectivity index (χ2v) is 11.4. The van der Waals surface area contributed by atoms with Crippen molar-refractivity contribution in [3.8, 4) is 0 Å². The second-order valence-electron chi connectivity index (χ2n) is 11.4. The topological polar surface area (TPSA) is 66.4 Å². The highest BCUT2D eigenvalue weighted by molar-refractivity contribution is 5.17. The summed E-state index contributed by atoms with van der Waals surface area (Å²) in [5.74, 6) is 0. The van der Waals surface area contributed by atoms with Gasteiger partial charge in [0.2, 0.25) is 0 Å². The highest BCUT2D eigenvalue weighted by Gasteiger charge is 2.38. The van der Waals surface area contributed by atoms with Gasteiger partial charge < -0.3 is 28.8 Å². The fraction of sp³-hybridized carbons (Fsp3) is 0.268. The molecule has 0 heterocycles. The Labute approximate surface area is 278 Å². The van der Waals surface area contributed by atoms with Crippen LogP contribution in [0.4, 0.5) is 0 Å². The average molecular weight is 633 g/mol. The molecule has 1 N–H and O–H groups in total. The van der Waals surface area contributed by atoms with E-state index in [2.05, 4.69) is 0 Å². The largest absolute Gasteiger partial charge is 0.394 e. The van der Waals surface area contributed by atoms with Gasteiger partial charge in [-0.3, -0.25) is 0 Å². The molecule has 0 unspecified atom stereocenters. The van der Waals surface area contributed by atoms with E-state index < -0.39 is 24.4 Å². The summed E-state index contributed by atoms with van der Waals surface area (Å²) in [5.41, 5.74) is 5.10. The minimum atomic E-state index is -0.711. The molecule has 5 rings (SSSR count). The summed E-state index contributed by atoms with van der Waals surface area (Å²) in [5, 5.41) is 10.8. The van der Waals surface area contributed by atoms with Gasteiger partial charge in [0.05, 0.1) is 46.2 Å². The maximum atomic E-state index is 10.8. The van der Waals surface area contributed by atoms with Crippen molar-refractivity contribution in [1.29, 1.82) is 0 Å². The van der Waals surface area contributed by atoms with Gasteiger partial charge in [0.15, 0.2) is 0 Å². The van der Waals surface area contributed by atoms with E-state index in [9.17, 15) is 5.11 Å². The van der Waals surface area contributed by atoms with Crippen molar-refractivity contribution in [1.82, 2.24) is 0 Å². The quantitative estimate of drug-likeness (QED) is 0.0957. The molecule has 4 atom stereocenters. The summed E-state index contributed by atoms with van der Waals surface area (Å²) < 4.78 is 32.7. The van der Waals surface area contributed by atoms with Gasteiger partial charge in [0, 0.05) is 0 Å². The number of aliphatic hydroxyl groups excluding tert-OH is 1. The molecule has 0 spiro atoms. The van der Waals surface area contributed by atoms with Crippen LogP contribution in [0.5, 0.6) is 0 Å². The SMILES string of the molecule is OC[C@@H](OCc1ccccc1)[C@@H](OCc1ccccc1)[C@H](OCc1ccccc1)[C@@H](COCc1ccccc1)OCc1ccccc1. The first-order chi connectivity index (χ1) is 23.3. The maximum absolute atomic E-state index is 10.8. The predicted octanol–water partition coefficient (Wildman–Crippen LogP) is 7.54. The molecule has 6 heteroatoms. The summed E-state index contributed by atoms with van der Waals surface area (Å²) in [6.07, 6.45) is -2.63. The predicted molar refractivity (Wildman–Crippen MR) is 183 cm³/mol. The summed E-state index contributed by atoms with van der Waals surface area (Å²) >= 11 is 0. The Morgan fingerprint density at radius 3 is 1.02 bits per heavy atom. The Morgan fingerprint density at radius 2 is 0.660 bits per heavy atom. The lowest BCUT2D eigenvalue weighted by Crippen LogP contribution is -2.52. The van der Waals surface area contributed by atoms with Gasteiger partial charge in [-0.1, -0.05) is 152 Å². The first-order valence-electron chi connectivity index (χ1n) is 16.1. The molecule has 0 radical (unpaired) electrons. The lowest BCUT2D eigenvalue weighted by molar-refractivity contribution is -0.205. The number of hydrogen-bond acceptors (Lipinski definition) is 6. The number of aliphatic hydroxyl groups is 1. The molecule has 0 saturated heterocycles. The summed E-state index contributed by atoms with van der Waals surface area (Å²) in [6.45, 7) is 1.67. The van der Waals surface area contributed by atoms with Crippen LogP contribution < -0.4 is 0 Å². The standard InChI is InChI=1S/C41H44O6/c42-26-38(44-28-34-18-8-2-9-19-34)40(46-30-36-22-12-4-13-23-36)41(47-31-37-24-14-5-15-25-37)39(45-29-35-20-10-3-11-21-35)32-43-27-33-16-6-1-7-17-33/h1-25,38-42H,26-32H2/t38-,39-,40-,41-/m1/s1. The van der Waals surface area contributed by atoms with Gasteiger partial charge in [-0.2, -0.15) is 0 Å². The molecule has 0 aromatic heterocycles. The van der Waals surface area contributed by atoms with Crippen LogP contribution >= 0.6 is 0 Å². The van der Waals surface area contributed by atoms with Crippen molar-refractivity contribution >= 4 is 0 Å². The smallest absolute Gasteiger partial charge is 0.115 e. The van der Waals surface area contributed by atoms with Crippen molar-refractivity contribution in [3.63, 3.8) is 0 Å². The Bertz CT molecular complexity index is 1500. The van der Waals surface area contributed by atoms with Crippen molar-refractivity contribution in [2.75, 3.05) is 13.2 Å². The van der Waals surface area contributed by atoms with E-state index in [0.29, 0.717) is 33.0 Å². The summed E-state index contributed by atoms with van der Waals surface area (Å²) in [7, 11) is 0. The van der Waals surface area contributed by atoms with Gasteiger partial charge in [-0.25, -0.2) is 0 Å². The number of hydrogen-bond donors (Lipinski definition) is 1. The molecule has 0 amide bonds. The van der Waals surface area contributed by atoms with E-state index in [1.54, 1.807) is 0 Å². The third-order valence-corrected chi connectivity index (χ3v) is 7.81. The van der Waals surface area contributed by atoms with Crippen molar-refractivity contribution < 1.29 is 28.8 Å². The van der Waals surface area contributed by atoms with Crippen LogP contribution in [0.2, 0.25) is 0 Å². The molecule has 0 aliphatic heterocycles. The molecular weight excluding hydrogens is 588 g/mol. The van der Waals surface area contributed by atoms with Gasteiger partial charge in [-0.15, -0.1) is 0 Å². The van der Waals surface area contributed by atoms with Gasteiger partial charge in [-0.05, 0) is 27.8 Å². The minimum Gasteiger partial charge on any atom is -0.394 e. The zero-order valence-electron chi connectivity index (χ0n) is 26.7. The van der Waals surface area contributed by atoms with Crippen LogP contribution in [0.3, 0.4) is 0 Å². The highest BCUT2D eigenvalue weighted by atomic mass is 16.6. The van der Waals surface area contributed by atoms with E-state index in [1.807, 2.05) is 152 Å². The first-order valence-corrected chi connectivity index (χ1v) is 16.1. The number of benzene rings is 5. The molecule has 0 fully saturated rings. The molecule has 47 heavy (non-hydrogen) atoms. The molecule has 0 saturated carbocycles. The van der Waals surface area contributed by atoms with Crippen molar-refractivity contribution in [3.05, 3.63) is 179 Å². The molecule has 244 valence electrons. The van der Waals surface area contributed by atoms with Crippen LogP contribution in [0.25, 0.3) is 0 Å². The minimum absolute atomic E-state index is 0.239. The van der Waals surface area contributed by atoms with E-state index in [0.717, 1.165) is 27.8 Å². The van der Waals surface area contributed by atoms with Crippen LogP contribution in [-0.4, -0.2) is 42.7 Å². The monoisotopic (exact) mass is 632 g/mol. The van der Waals surface area contributed by atoms with Crippen molar-refractivity contribution in [2.24, 2.45) is 0 Å². The molecule has 5 aromatic rings. The summed E-state index contributed by atoms with van der Waals surface area (Å²) in [6, 6.07) is 50.0. The lowest BCUT2D eigenvalue weighted by Gasteiger charge is -2.37. The normalized spacial score (nSPS) is 13.9. The van der Waals surface area contributed by atoms with Gasteiger partial charge in [0.25, 0.3) is 0 Å². The van der Waals surface area contributed by atoms with E-state index >= 15 is 0 Å². The Morgan fingerprint density at radius 1 is 0.362 bits per heavy atom. The molecule has 5 aromatic carbocycles. The summed E-state index contributed by atoms with van der Waals surface area (Å²) in [4.78, 5) is 0. The average Bonchev–Trinajstić information content (AvgIpc) is 3.14. The van der Waals surface area contributed by atoms with E-state index in [4.69, 9.17) is 23.7 Å². The van der Waals surface area contributed by atoms with Crippen molar-refractivity contribution in [2.45, 2.75) is 57.5 Å². The third-order valence-electron chi connectivity index (χ3n) is 7.81. The van der Waals surface area contributed by atoms with Crippen LogP contribution in [-0.2, 0) is 56.7 Å². The highest BCUT2D eigenvalue weighted by Crippen LogP contribution is 2.24. The molecule has 0 aliphatic carbocycles. The molecule has 0 bridgehead atoms. The fourth-order valence-corrected chi connectivity index (χ4v) is 5.27. The van der Waals surface area contributed by atoms with E-state index in [-0.39, 0.29) is 13.2 Å². The zero-order chi connectivity index (χ0) is 32.4. The molecule has 0 aliphatic rings. The Hall–Kier alpha value is -4.14. The Balaban J connectivity index is 1.45. The third kappa shape index (κ3) is 11.6. The lowest BCUT2D eigenvalue weighted by atomic mass is 10.0. The van der Waals surface area contributed by atoms with E-state index in [1.165, 1.54) is 0 Å². The van der Waals surface area contributed by atoms with Crippen LogP contribution in [0.15, 0.2) is 152 Å². The first kappa shape index (κ1) is 34.2. The van der Waals surface area contributed by atoms with Crippen LogP contribution in [0.1, 0.15) is 27.8 Å². The second kappa shape index (κ2) is 19.5. The van der Waals surface area contributed by atoms with Gasteiger partial charge in [0.1, 0.15) is 24.4 Å². The number of ether oxygens (including phenoxy) is 5. The number of rotatable bonds is 20. The van der Waals surface area contributed by atoms with Crippen LogP contribution in [0, 0.1) is 0 Å². The van der Waals surface area contributed by atoms with Gasteiger partial charge >= 0.3 is 0 Å². The Kier molecular flexibility index (Phi) is 14.2. The zero-order valence-corrected chi connectivity index (χ0v) is 26.7. The maximum Gasteiger partial charge on any atom is 0.115 e.